The number of hydrogen-bond donors (Lipinski definition) is 1. The monoisotopic (exact) mass is 283 g/mol. The average Bonchev–Trinajstić information content (AvgIpc) is 2.46. The smallest absolute Gasteiger partial charge is 0.325 e. The Morgan fingerprint density at radius 1 is 1.45 bits per heavy atom. The first-order valence-electron chi connectivity index (χ1n) is 6.59. The minimum Gasteiger partial charge on any atom is -0.494 e. The minimum atomic E-state index is -0.711. The molecular weight excluding hydrogens is 261 g/mol. The van der Waals surface area contributed by atoms with Crippen molar-refractivity contribution in [2.24, 2.45) is 0 Å². The summed E-state index contributed by atoms with van der Waals surface area (Å²) in [6.07, 6.45) is 1.28. The Bertz CT molecular complexity index is 464. The maximum absolute atomic E-state index is 13.1. The SMILES string of the molecule is CNC(C)(CCCOc1ccc(F)c(C)c1)C(=O)OC. The topological polar surface area (TPSA) is 47.6 Å². The average molecular weight is 283 g/mol. The van der Waals surface area contributed by atoms with E-state index in [9.17, 15) is 9.18 Å². The van der Waals surface area contributed by atoms with Crippen molar-refractivity contribution in [2.75, 3.05) is 20.8 Å². The zero-order chi connectivity index (χ0) is 15.2. The zero-order valence-electron chi connectivity index (χ0n) is 12.5. The molecule has 1 rings (SSSR count). The van der Waals surface area contributed by atoms with Gasteiger partial charge in [-0.25, -0.2) is 4.39 Å². The highest BCUT2D eigenvalue weighted by molar-refractivity contribution is 5.80. The van der Waals surface area contributed by atoms with Crippen molar-refractivity contribution in [3.05, 3.63) is 29.6 Å². The molecule has 20 heavy (non-hydrogen) atoms. The van der Waals surface area contributed by atoms with Crippen LogP contribution in [0.3, 0.4) is 0 Å². The van der Waals surface area contributed by atoms with Gasteiger partial charge in [0, 0.05) is 0 Å². The van der Waals surface area contributed by atoms with Crippen molar-refractivity contribution in [3.8, 4) is 5.75 Å². The molecule has 0 aromatic heterocycles. The Morgan fingerprint density at radius 2 is 2.15 bits per heavy atom. The molecule has 112 valence electrons. The van der Waals surface area contributed by atoms with Crippen LogP contribution in [0, 0.1) is 12.7 Å². The van der Waals surface area contributed by atoms with E-state index in [1.54, 1.807) is 33.0 Å². The molecule has 0 aliphatic rings. The van der Waals surface area contributed by atoms with E-state index >= 15 is 0 Å². The summed E-state index contributed by atoms with van der Waals surface area (Å²) in [7, 11) is 3.09. The molecule has 1 atom stereocenters. The van der Waals surface area contributed by atoms with Crippen LogP contribution in [0.1, 0.15) is 25.3 Å². The van der Waals surface area contributed by atoms with Crippen LogP contribution in [0.25, 0.3) is 0 Å². The molecule has 4 nitrogen and oxygen atoms in total. The Balaban J connectivity index is 2.44. The predicted octanol–water partition coefficient (Wildman–Crippen LogP) is 2.44. The summed E-state index contributed by atoms with van der Waals surface area (Å²) in [5, 5.41) is 2.96. The molecule has 0 heterocycles. The van der Waals surface area contributed by atoms with Crippen molar-refractivity contribution in [3.63, 3.8) is 0 Å². The standard InChI is InChI=1S/C15H22FNO3/c1-11-10-12(6-7-13(11)16)20-9-5-8-15(2,17-3)14(18)19-4/h6-7,10,17H,5,8-9H2,1-4H3. The van der Waals surface area contributed by atoms with Crippen LogP contribution in [-0.4, -0.2) is 32.3 Å². The van der Waals surface area contributed by atoms with Gasteiger partial charge < -0.3 is 14.8 Å². The molecule has 1 unspecified atom stereocenters. The number of benzene rings is 1. The quantitative estimate of drug-likeness (QED) is 0.617. The van der Waals surface area contributed by atoms with Crippen molar-refractivity contribution < 1.29 is 18.7 Å². The minimum absolute atomic E-state index is 0.245. The molecule has 1 N–H and O–H groups in total. The maximum atomic E-state index is 13.1. The number of aryl methyl sites for hydroxylation is 1. The molecule has 0 fully saturated rings. The second kappa shape index (κ2) is 7.24. The van der Waals surface area contributed by atoms with Gasteiger partial charge in [-0.3, -0.25) is 4.79 Å². The van der Waals surface area contributed by atoms with Crippen LogP contribution in [-0.2, 0) is 9.53 Å². The number of ether oxygens (including phenoxy) is 2. The van der Waals surface area contributed by atoms with Crippen molar-refractivity contribution >= 4 is 5.97 Å². The second-order valence-corrected chi connectivity index (χ2v) is 4.94. The van der Waals surface area contributed by atoms with Gasteiger partial charge in [0.05, 0.1) is 13.7 Å². The Labute approximate surface area is 119 Å². The molecule has 0 bridgehead atoms. The Morgan fingerprint density at radius 3 is 2.70 bits per heavy atom. The Hall–Kier alpha value is -1.62. The largest absolute Gasteiger partial charge is 0.494 e. The fourth-order valence-electron chi connectivity index (χ4n) is 1.88. The fraction of sp³-hybridized carbons (Fsp3) is 0.533. The number of carbonyl (C=O) groups excluding carboxylic acids is 1. The molecule has 0 saturated heterocycles. The van der Waals surface area contributed by atoms with Crippen LogP contribution < -0.4 is 10.1 Å². The summed E-state index contributed by atoms with van der Waals surface area (Å²) in [6.45, 7) is 3.94. The molecular formula is C15H22FNO3. The lowest BCUT2D eigenvalue weighted by atomic mass is 9.96. The lowest BCUT2D eigenvalue weighted by Gasteiger charge is -2.25. The molecule has 0 radical (unpaired) electrons. The number of hydrogen-bond acceptors (Lipinski definition) is 4. The molecule has 0 spiro atoms. The van der Waals surface area contributed by atoms with Gasteiger partial charge in [0.15, 0.2) is 0 Å². The van der Waals surface area contributed by atoms with E-state index in [4.69, 9.17) is 9.47 Å². The van der Waals surface area contributed by atoms with Crippen LogP contribution in [0.15, 0.2) is 18.2 Å². The fourth-order valence-corrected chi connectivity index (χ4v) is 1.88. The number of esters is 1. The van der Waals surface area contributed by atoms with Gasteiger partial charge in [0.25, 0.3) is 0 Å². The first-order chi connectivity index (χ1) is 9.42. The number of likely N-dealkylation sites (N-methyl/N-ethyl adjacent to an activating group) is 1. The van der Waals surface area contributed by atoms with E-state index in [0.29, 0.717) is 30.8 Å². The van der Waals surface area contributed by atoms with Gasteiger partial charge in [-0.05, 0) is 57.5 Å². The summed E-state index contributed by atoms with van der Waals surface area (Å²) in [5.41, 5.74) is -0.159. The van der Waals surface area contributed by atoms with E-state index < -0.39 is 5.54 Å². The zero-order valence-corrected chi connectivity index (χ0v) is 12.5. The normalized spacial score (nSPS) is 13.7. The van der Waals surface area contributed by atoms with Crippen LogP contribution in [0.2, 0.25) is 0 Å². The maximum Gasteiger partial charge on any atom is 0.325 e. The highest BCUT2D eigenvalue weighted by atomic mass is 19.1. The summed E-state index contributed by atoms with van der Waals surface area (Å²) >= 11 is 0. The van der Waals surface area contributed by atoms with E-state index in [-0.39, 0.29) is 11.8 Å². The van der Waals surface area contributed by atoms with Gasteiger partial charge in [-0.15, -0.1) is 0 Å². The molecule has 5 heteroatoms. The number of methoxy groups -OCH3 is 1. The molecule has 1 aromatic rings. The van der Waals surface area contributed by atoms with Gasteiger partial charge in [0.2, 0.25) is 0 Å². The molecule has 1 aromatic carbocycles. The Kier molecular flexibility index (Phi) is 5.95. The van der Waals surface area contributed by atoms with Gasteiger partial charge in [-0.1, -0.05) is 0 Å². The number of nitrogens with one attached hydrogen (secondary N) is 1. The lowest BCUT2D eigenvalue weighted by Crippen LogP contribution is -2.48. The molecule has 0 saturated carbocycles. The number of halogens is 1. The van der Waals surface area contributed by atoms with Gasteiger partial charge in [0.1, 0.15) is 17.1 Å². The second-order valence-electron chi connectivity index (χ2n) is 4.94. The first kappa shape index (κ1) is 16.4. The van der Waals surface area contributed by atoms with Crippen molar-refractivity contribution in [1.82, 2.24) is 5.32 Å². The van der Waals surface area contributed by atoms with Crippen molar-refractivity contribution in [2.45, 2.75) is 32.2 Å². The van der Waals surface area contributed by atoms with Crippen LogP contribution >= 0.6 is 0 Å². The first-order valence-corrected chi connectivity index (χ1v) is 6.59. The van der Waals surface area contributed by atoms with Crippen molar-refractivity contribution in [1.29, 1.82) is 0 Å². The summed E-state index contributed by atoms with van der Waals surface area (Å²) in [4.78, 5) is 11.6. The lowest BCUT2D eigenvalue weighted by molar-refractivity contribution is -0.148. The summed E-state index contributed by atoms with van der Waals surface area (Å²) in [6, 6.07) is 4.64. The summed E-state index contributed by atoms with van der Waals surface area (Å²) < 4.78 is 23.4. The van der Waals surface area contributed by atoms with Gasteiger partial charge in [-0.2, -0.15) is 0 Å². The third-order valence-corrected chi connectivity index (χ3v) is 3.41. The third-order valence-electron chi connectivity index (χ3n) is 3.41. The number of carbonyl (C=O) groups is 1. The highest BCUT2D eigenvalue weighted by Crippen LogP contribution is 2.18. The summed E-state index contributed by atoms with van der Waals surface area (Å²) in [5.74, 6) is 0.0940. The van der Waals surface area contributed by atoms with Gasteiger partial charge >= 0.3 is 5.97 Å². The van der Waals surface area contributed by atoms with E-state index in [1.165, 1.54) is 13.2 Å². The number of rotatable bonds is 7. The van der Waals surface area contributed by atoms with E-state index in [1.807, 2.05) is 0 Å². The highest BCUT2D eigenvalue weighted by Gasteiger charge is 2.31. The van der Waals surface area contributed by atoms with Crippen LogP contribution in [0.4, 0.5) is 4.39 Å². The van der Waals surface area contributed by atoms with E-state index in [0.717, 1.165) is 0 Å². The predicted molar refractivity (Wildman–Crippen MR) is 75.3 cm³/mol. The van der Waals surface area contributed by atoms with Crippen LogP contribution in [0.5, 0.6) is 5.75 Å². The molecule has 0 aliphatic heterocycles. The van der Waals surface area contributed by atoms with E-state index in [2.05, 4.69) is 5.32 Å². The molecule has 0 aliphatic carbocycles. The third kappa shape index (κ3) is 4.20. The molecule has 0 amide bonds.